The predicted octanol–water partition coefficient (Wildman–Crippen LogP) is 2.89. The summed E-state index contributed by atoms with van der Waals surface area (Å²) in [5.74, 6) is 0. The quantitative estimate of drug-likeness (QED) is 0.635. The fourth-order valence-corrected chi connectivity index (χ4v) is 1.87. The molecule has 0 fully saturated rings. The van der Waals surface area contributed by atoms with Gasteiger partial charge in [-0.3, -0.25) is 0 Å². The molecule has 0 aromatic carbocycles. The van der Waals surface area contributed by atoms with E-state index in [4.69, 9.17) is 0 Å². The van der Waals surface area contributed by atoms with Crippen molar-refractivity contribution in [3.05, 3.63) is 0 Å². The minimum absolute atomic E-state index is 0.677. The van der Waals surface area contributed by atoms with E-state index < -0.39 is 0 Å². The van der Waals surface area contributed by atoms with Crippen molar-refractivity contribution >= 4 is 0 Å². The maximum atomic E-state index is 3.53. The average molecular weight is 214 g/mol. The molecule has 0 aromatic heterocycles. The van der Waals surface area contributed by atoms with Crippen molar-refractivity contribution in [3.8, 4) is 0 Å². The van der Waals surface area contributed by atoms with Gasteiger partial charge < -0.3 is 10.2 Å². The molecule has 1 N–H and O–H groups in total. The van der Waals surface area contributed by atoms with E-state index in [1.807, 2.05) is 0 Å². The van der Waals surface area contributed by atoms with Gasteiger partial charge in [-0.2, -0.15) is 0 Å². The van der Waals surface area contributed by atoms with E-state index in [0.29, 0.717) is 12.1 Å². The molecular formula is C13H30N2. The largest absolute Gasteiger partial charge is 0.314 e. The van der Waals surface area contributed by atoms with Gasteiger partial charge in [-0.05, 0) is 59.7 Å². The van der Waals surface area contributed by atoms with E-state index in [2.05, 4.69) is 44.8 Å². The van der Waals surface area contributed by atoms with Crippen LogP contribution < -0.4 is 5.32 Å². The standard InChI is InChI=1S/C13H30N2/c1-6-10-14-13(5)9-8-11-15(7-2)12(3)4/h12-14H,6-11H2,1-5H3. The van der Waals surface area contributed by atoms with Crippen molar-refractivity contribution in [2.24, 2.45) is 0 Å². The van der Waals surface area contributed by atoms with Crippen LogP contribution in [0.3, 0.4) is 0 Å². The first-order valence-electron chi connectivity index (χ1n) is 6.59. The number of nitrogens with zero attached hydrogens (tertiary/aromatic N) is 1. The van der Waals surface area contributed by atoms with Crippen LogP contribution >= 0.6 is 0 Å². The molecule has 0 rings (SSSR count). The van der Waals surface area contributed by atoms with Gasteiger partial charge in [-0.15, -0.1) is 0 Å². The van der Waals surface area contributed by atoms with E-state index >= 15 is 0 Å². The van der Waals surface area contributed by atoms with Gasteiger partial charge in [0.25, 0.3) is 0 Å². The summed E-state index contributed by atoms with van der Waals surface area (Å²) in [5.41, 5.74) is 0. The second-order valence-electron chi connectivity index (χ2n) is 4.72. The Morgan fingerprint density at radius 3 is 2.27 bits per heavy atom. The summed E-state index contributed by atoms with van der Waals surface area (Å²) in [6.07, 6.45) is 3.84. The van der Waals surface area contributed by atoms with Gasteiger partial charge in [-0.25, -0.2) is 0 Å². The molecule has 0 spiro atoms. The first kappa shape index (κ1) is 14.9. The smallest absolute Gasteiger partial charge is 0.00391 e. The maximum Gasteiger partial charge on any atom is 0.00391 e. The fraction of sp³-hybridized carbons (Fsp3) is 1.00. The molecule has 0 saturated carbocycles. The van der Waals surface area contributed by atoms with Crippen LogP contribution in [0.25, 0.3) is 0 Å². The topological polar surface area (TPSA) is 15.3 Å². The van der Waals surface area contributed by atoms with Crippen molar-refractivity contribution in [3.63, 3.8) is 0 Å². The first-order valence-corrected chi connectivity index (χ1v) is 6.59. The monoisotopic (exact) mass is 214 g/mol. The highest BCUT2D eigenvalue weighted by Gasteiger charge is 2.07. The van der Waals surface area contributed by atoms with Gasteiger partial charge in [0.05, 0.1) is 0 Å². The Morgan fingerprint density at radius 2 is 1.80 bits per heavy atom. The lowest BCUT2D eigenvalue weighted by Crippen LogP contribution is -2.33. The number of nitrogens with one attached hydrogen (secondary N) is 1. The molecule has 0 aliphatic heterocycles. The minimum Gasteiger partial charge on any atom is -0.314 e. The van der Waals surface area contributed by atoms with Crippen LogP contribution in [0.15, 0.2) is 0 Å². The SMILES string of the molecule is CCCNC(C)CCCN(CC)C(C)C. The molecule has 0 aliphatic carbocycles. The van der Waals surface area contributed by atoms with Crippen LogP contribution in [-0.4, -0.2) is 36.6 Å². The summed E-state index contributed by atoms with van der Waals surface area (Å²) in [6.45, 7) is 14.9. The normalized spacial score (nSPS) is 13.8. The summed E-state index contributed by atoms with van der Waals surface area (Å²) in [5, 5.41) is 3.53. The summed E-state index contributed by atoms with van der Waals surface area (Å²) in [6, 6.07) is 1.37. The van der Waals surface area contributed by atoms with Crippen LogP contribution in [-0.2, 0) is 0 Å². The Kier molecular flexibility index (Phi) is 9.12. The van der Waals surface area contributed by atoms with Crippen molar-refractivity contribution < 1.29 is 0 Å². The van der Waals surface area contributed by atoms with Gasteiger partial charge in [-0.1, -0.05) is 13.8 Å². The average Bonchev–Trinajstić information content (AvgIpc) is 2.20. The second-order valence-corrected chi connectivity index (χ2v) is 4.72. The van der Waals surface area contributed by atoms with Crippen molar-refractivity contribution in [2.45, 2.75) is 66.0 Å². The molecule has 0 heterocycles. The van der Waals surface area contributed by atoms with Gasteiger partial charge in [0.1, 0.15) is 0 Å². The van der Waals surface area contributed by atoms with Crippen LogP contribution in [0, 0.1) is 0 Å². The van der Waals surface area contributed by atoms with E-state index in [-0.39, 0.29) is 0 Å². The lowest BCUT2D eigenvalue weighted by atomic mass is 10.1. The molecule has 1 atom stereocenters. The number of rotatable bonds is 9. The summed E-state index contributed by atoms with van der Waals surface area (Å²) in [4.78, 5) is 2.53. The molecule has 0 amide bonds. The highest BCUT2D eigenvalue weighted by molar-refractivity contribution is 4.64. The van der Waals surface area contributed by atoms with Gasteiger partial charge >= 0.3 is 0 Å². The molecule has 2 heteroatoms. The molecule has 0 bridgehead atoms. The molecule has 0 aliphatic rings. The molecular weight excluding hydrogens is 184 g/mol. The first-order chi connectivity index (χ1) is 7.11. The Hall–Kier alpha value is -0.0800. The highest BCUT2D eigenvalue weighted by Crippen LogP contribution is 2.03. The molecule has 0 radical (unpaired) electrons. The Labute approximate surface area is 96.4 Å². The zero-order valence-corrected chi connectivity index (χ0v) is 11.3. The van der Waals surface area contributed by atoms with Crippen LogP contribution in [0.1, 0.15) is 53.9 Å². The molecule has 0 saturated heterocycles. The van der Waals surface area contributed by atoms with E-state index in [0.717, 1.165) is 6.54 Å². The van der Waals surface area contributed by atoms with Gasteiger partial charge in [0.15, 0.2) is 0 Å². The van der Waals surface area contributed by atoms with Gasteiger partial charge in [0.2, 0.25) is 0 Å². The second kappa shape index (κ2) is 9.17. The maximum absolute atomic E-state index is 3.53. The van der Waals surface area contributed by atoms with E-state index in [9.17, 15) is 0 Å². The minimum atomic E-state index is 0.677. The van der Waals surface area contributed by atoms with E-state index in [1.165, 1.54) is 32.4 Å². The van der Waals surface area contributed by atoms with Crippen LogP contribution in [0.2, 0.25) is 0 Å². The molecule has 92 valence electrons. The Balaban J connectivity index is 3.50. The third-order valence-corrected chi connectivity index (χ3v) is 2.96. The number of hydrogen-bond acceptors (Lipinski definition) is 2. The number of hydrogen-bond donors (Lipinski definition) is 1. The van der Waals surface area contributed by atoms with Crippen molar-refractivity contribution in [2.75, 3.05) is 19.6 Å². The van der Waals surface area contributed by atoms with Crippen LogP contribution in [0.5, 0.6) is 0 Å². The zero-order chi connectivity index (χ0) is 11.7. The lowest BCUT2D eigenvalue weighted by molar-refractivity contribution is 0.226. The summed E-state index contributed by atoms with van der Waals surface area (Å²) >= 11 is 0. The highest BCUT2D eigenvalue weighted by atomic mass is 15.1. The molecule has 0 aromatic rings. The van der Waals surface area contributed by atoms with Crippen molar-refractivity contribution in [1.82, 2.24) is 10.2 Å². The zero-order valence-electron chi connectivity index (χ0n) is 11.3. The summed E-state index contributed by atoms with van der Waals surface area (Å²) < 4.78 is 0. The van der Waals surface area contributed by atoms with Crippen molar-refractivity contribution in [1.29, 1.82) is 0 Å². The Bertz CT molecular complexity index is 134. The van der Waals surface area contributed by atoms with Crippen LogP contribution in [0.4, 0.5) is 0 Å². The Morgan fingerprint density at radius 1 is 1.13 bits per heavy atom. The third-order valence-electron chi connectivity index (χ3n) is 2.96. The summed E-state index contributed by atoms with van der Waals surface area (Å²) in [7, 11) is 0. The molecule has 2 nitrogen and oxygen atoms in total. The third kappa shape index (κ3) is 7.80. The molecule has 1 unspecified atom stereocenters. The van der Waals surface area contributed by atoms with Gasteiger partial charge in [0, 0.05) is 12.1 Å². The lowest BCUT2D eigenvalue weighted by Gasteiger charge is -2.25. The fourth-order valence-electron chi connectivity index (χ4n) is 1.87. The van der Waals surface area contributed by atoms with E-state index in [1.54, 1.807) is 0 Å². The molecule has 15 heavy (non-hydrogen) atoms. The predicted molar refractivity (Wildman–Crippen MR) is 69.4 cm³/mol.